The van der Waals surface area contributed by atoms with E-state index in [1.807, 2.05) is 49.4 Å². The first-order chi connectivity index (χ1) is 9.67. The first kappa shape index (κ1) is 14.6. The normalized spacial score (nSPS) is 13.8. The summed E-state index contributed by atoms with van der Waals surface area (Å²) in [5.41, 5.74) is 9.60. The maximum Gasteiger partial charge on any atom is 0.123 e. The van der Waals surface area contributed by atoms with Crippen molar-refractivity contribution in [3.63, 3.8) is 0 Å². The van der Waals surface area contributed by atoms with E-state index in [9.17, 15) is 0 Å². The Hall–Kier alpha value is -1.84. The topological polar surface area (TPSA) is 44.5 Å². The zero-order valence-electron chi connectivity index (χ0n) is 12.2. The van der Waals surface area contributed by atoms with Gasteiger partial charge in [0.25, 0.3) is 0 Å². The van der Waals surface area contributed by atoms with Gasteiger partial charge in [0.2, 0.25) is 0 Å². The van der Waals surface area contributed by atoms with Gasteiger partial charge in [-0.3, -0.25) is 0 Å². The van der Waals surface area contributed by atoms with Crippen LogP contribution in [0.3, 0.4) is 0 Å². The SMILES string of the molecule is COc1ccc(C)cc1C(N)C(OC)c1ccccc1. The van der Waals surface area contributed by atoms with Crippen molar-refractivity contribution in [3.05, 3.63) is 65.2 Å². The van der Waals surface area contributed by atoms with Crippen LogP contribution in [-0.4, -0.2) is 14.2 Å². The lowest BCUT2D eigenvalue weighted by molar-refractivity contribution is 0.0794. The summed E-state index contributed by atoms with van der Waals surface area (Å²) in [5.74, 6) is 0.793. The van der Waals surface area contributed by atoms with Crippen molar-refractivity contribution in [2.24, 2.45) is 5.73 Å². The molecule has 106 valence electrons. The summed E-state index contributed by atoms with van der Waals surface area (Å²) in [6.07, 6.45) is -0.202. The molecular weight excluding hydrogens is 250 g/mol. The van der Waals surface area contributed by atoms with Gasteiger partial charge in [0.15, 0.2) is 0 Å². The molecule has 0 amide bonds. The molecule has 0 fully saturated rings. The average Bonchev–Trinajstić information content (AvgIpc) is 2.49. The molecule has 0 aliphatic carbocycles. The van der Waals surface area contributed by atoms with Crippen LogP contribution in [0.15, 0.2) is 48.5 Å². The predicted molar refractivity (Wildman–Crippen MR) is 80.9 cm³/mol. The lowest BCUT2D eigenvalue weighted by Crippen LogP contribution is -2.22. The number of hydrogen-bond donors (Lipinski definition) is 1. The van der Waals surface area contributed by atoms with Crippen LogP contribution >= 0.6 is 0 Å². The largest absolute Gasteiger partial charge is 0.496 e. The number of methoxy groups -OCH3 is 2. The van der Waals surface area contributed by atoms with E-state index in [1.54, 1.807) is 14.2 Å². The Morgan fingerprint density at radius 3 is 2.30 bits per heavy atom. The van der Waals surface area contributed by atoms with Gasteiger partial charge in [-0.1, -0.05) is 48.0 Å². The third-order valence-electron chi connectivity index (χ3n) is 3.45. The molecule has 2 unspecified atom stereocenters. The Morgan fingerprint density at radius 2 is 1.70 bits per heavy atom. The molecule has 3 nitrogen and oxygen atoms in total. The molecule has 0 aromatic heterocycles. The minimum Gasteiger partial charge on any atom is -0.496 e. The van der Waals surface area contributed by atoms with Crippen LogP contribution in [0.25, 0.3) is 0 Å². The van der Waals surface area contributed by atoms with Crippen LogP contribution in [0, 0.1) is 6.92 Å². The number of aryl methyl sites for hydroxylation is 1. The molecule has 2 atom stereocenters. The van der Waals surface area contributed by atoms with Crippen LogP contribution < -0.4 is 10.5 Å². The number of ether oxygens (including phenoxy) is 2. The summed E-state index contributed by atoms with van der Waals surface area (Å²) in [6.45, 7) is 2.04. The third kappa shape index (κ3) is 3.00. The summed E-state index contributed by atoms with van der Waals surface area (Å²) in [5, 5.41) is 0. The average molecular weight is 271 g/mol. The minimum absolute atomic E-state index is 0.202. The van der Waals surface area contributed by atoms with E-state index in [-0.39, 0.29) is 12.1 Å². The van der Waals surface area contributed by atoms with E-state index in [1.165, 1.54) is 0 Å². The molecular formula is C17H21NO2. The maximum absolute atomic E-state index is 6.42. The molecule has 2 N–H and O–H groups in total. The Morgan fingerprint density at radius 1 is 1.00 bits per heavy atom. The molecule has 2 rings (SSSR count). The quantitative estimate of drug-likeness (QED) is 0.906. The molecule has 2 aromatic rings. The fraction of sp³-hybridized carbons (Fsp3) is 0.294. The highest BCUT2D eigenvalue weighted by Gasteiger charge is 2.23. The molecule has 20 heavy (non-hydrogen) atoms. The lowest BCUT2D eigenvalue weighted by atomic mass is 9.94. The Bertz CT molecular complexity index is 554. The van der Waals surface area contributed by atoms with Gasteiger partial charge in [-0.05, 0) is 18.6 Å². The van der Waals surface area contributed by atoms with E-state index in [2.05, 4.69) is 6.07 Å². The standard InChI is InChI=1S/C17H21NO2/c1-12-9-10-15(19-2)14(11-12)16(18)17(20-3)13-7-5-4-6-8-13/h4-11,16-17H,18H2,1-3H3. The number of rotatable bonds is 5. The van der Waals surface area contributed by atoms with Crippen LogP contribution in [0.5, 0.6) is 5.75 Å². The number of nitrogens with two attached hydrogens (primary N) is 1. The van der Waals surface area contributed by atoms with Crippen LogP contribution in [-0.2, 0) is 4.74 Å². The molecule has 2 aromatic carbocycles. The fourth-order valence-electron chi connectivity index (χ4n) is 2.41. The second-order valence-electron chi connectivity index (χ2n) is 4.84. The number of benzene rings is 2. The van der Waals surface area contributed by atoms with Crippen molar-refractivity contribution < 1.29 is 9.47 Å². The van der Waals surface area contributed by atoms with Crippen molar-refractivity contribution in [1.82, 2.24) is 0 Å². The van der Waals surface area contributed by atoms with Crippen molar-refractivity contribution in [1.29, 1.82) is 0 Å². The molecule has 0 radical (unpaired) electrons. The third-order valence-corrected chi connectivity index (χ3v) is 3.45. The van der Waals surface area contributed by atoms with Crippen LogP contribution in [0.1, 0.15) is 28.8 Å². The van der Waals surface area contributed by atoms with Gasteiger partial charge in [-0.15, -0.1) is 0 Å². The van der Waals surface area contributed by atoms with Crippen LogP contribution in [0.4, 0.5) is 0 Å². The first-order valence-electron chi connectivity index (χ1n) is 6.65. The van der Waals surface area contributed by atoms with E-state index < -0.39 is 0 Å². The molecule has 0 saturated carbocycles. The molecule has 0 saturated heterocycles. The van der Waals surface area contributed by atoms with Gasteiger partial charge in [0, 0.05) is 12.7 Å². The second-order valence-corrected chi connectivity index (χ2v) is 4.84. The van der Waals surface area contributed by atoms with Gasteiger partial charge in [-0.2, -0.15) is 0 Å². The first-order valence-corrected chi connectivity index (χ1v) is 6.65. The predicted octanol–water partition coefficient (Wildman–Crippen LogP) is 3.39. The molecule has 0 bridgehead atoms. The van der Waals surface area contributed by atoms with E-state index in [0.717, 1.165) is 22.4 Å². The van der Waals surface area contributed by atoms with Gasteiger partial charge in [0.05, 0.1) is 13.2 Å². The van der Waals surface area contributed by atoms with E-state index in [4.69, 9.17) is 15.2 Å². The number of hydrogen-bond acceptors (Lipinski definition) is 3. The highest BCUT2D eigenvalue weighted by Crippen LogP contribution is 2.34. The van der Waals surface area contributed by atoms with Gasteiger partial charge in [-0.25, -0.2) is 0 Å². The molecule has 0 spiro atoms. The Labute approximate surface area is 120 Å². The maximum atomic E-state index is 6.42. The zero-order chi connectivity index (χ0) is 14.5. The summed E-state index contributed by atoms with van der Waals surface area (Å²) in [7, 11) is 3.34. The van der Waals surface area contributed by atoms with Crippen LogP contribution in [0.2, 0.25) is 0 Å². The molecule has 0 aliphatic heterocycles. The summed E-state index contributed by atoms with van der Waals surface area (Å²) in [6, 6.07) is 15.7. The van der Waals surface area contributed by atoms with Crippen molar-refractivity contribution in [2.45, 2.75) is 19.1 Å². The second kappa shape index (κ2) is 6.55. The fourth-order valence-corrected chi connectivity index (χ4v) is 2.41. The highest BCUT2D eigenvalue weighted by atomic mass is 16.5. The van der Waals surface area contributed by atoms with Crippen molar-refractivity contribution in [2.75, 3.05) is 14.2 Å². The molecule has 0 heterocycles. The Balaban J connectivity index is 2.38. The minimum atomic E-state index is -0.280. The monoisotopic (exact) mass is 271 g/mol. The Kier molecular flexibility index (Phi) is 4.77. The molecule has 0 aliphatic rings. The zero-order valence-corrected chi connectivity index (χ0v) is 12.2. The summed E-state index contributed by atoms with van der Waals surface area (Å²) >= 11 is 0. The van der Waals surface area contributed by atoms with Crippen molar-refractivity contribution in [3.8, 4) is 5.75 Å². The lowest BCUT2D eigenvalue weighted by Gasteiger charge is -2.25. The molecule has 3 heteroatoms. The summed E-state index contributed by atoms with van der Waals surface area (Å²) < 4.78 is 11.0. The van der Waals surface area contributed by atoms with Gasteiger partial charge in [0.1, 0.15) is 11.9 Å². The summed E-state index contributed by atoms with van der Waals surface area (Å²) in [4.78, 5) is 0. The highest BCUT2D eigenvalue weighted by molar-refractivity contribution is 5.40. The van der Waals surface area contributed by atoms with E-state index >= 15 is 0 Å². The van der Waals surface area contributed by atoms with Gasteiger partial charge >= 0.3 is 0 Å². The van der Waals surface area contributed by atoms with E-state index in [0.29, 0.717) is 0 Å². The smallest absolute Gasteiger partial charge is 0.123 e. The van der Waals surface area contributed by atoms with Crippen molar-refractivity contribution >= 4 is 0 Å². The van der Waals surface area contributed by atoms with Gasteiger partial charge < -0.3 is 15.2 Å².